The lowest BCUT2D eigenvalue weighted by atomic mass is 10.3. The van der Waals surface area contributed by atoms with Gasteiger partial charge in [0.15, 0.2) is 0 Å². The molecular formula is C13H16O5. The summed E-state index contributed by atoms with van der Waals surface area (Å²) in [5.41, 5.74) is 0. The summed E-state index contributed by atoms with van der Waals surface area (Å²) >= 11 is 0. The van der Waals surface area contributed by atoms with E-state index in [0.717, 1.165) is 5.75 Å². The smallest absolute Gasteiger partial charge is 0.311 e. The minimum atomic E-state index is -0.581. The van der Waals surface area contributed by atoms with Crippen LogP contribution in [-0.4, -0.2) is 38.7 Å². The zero-order valence-electron chi connectivity index (χ0n) is 10.0. The molecule has 0 radical (unpaired) electrons. The fourth-order valence-corrected chi connectivity index (χ4v) is 1.51. The highest BCUT2D eigenvalue weighted by molar-refractivity contribution is 5.69. The Hall–Kier alpha value is -1.59. The fraction of sp³-hybridized carbons (Fsp3) is 0.462. The lowest BCUT2D eigenvalue weighted by Gasteiger charge is -2.22. The summed E-state index contributed by atoms with van der Waals surface area (Å²) in [5.74, 6) is 0.393. The second-order valence-electron chi connectivity index (χ2n) is 3.78. The highest BCUT2D eigenvalue weighted by atomic mass is 16.7. The zero-order chi connectivity index (χ0) is 12.6. The van der Waals surface area contributed by atoms with Crippen LogP contribution in [-0.2, 0) is 19.0 Å². The van der Waals surface area contributed by atoms with Crippen molar-refractivity contribution in [1.82, 2.24) is 0 Å². The molecule has 0 amide bonds. The molecule has 5 nitrogen and oxygen atoms in total. The predicted octanol–water partition coefficient (Wildman–Crippen LogP) is 1.37. The molecule has 2 rings (SSSR count). The number of carbonyl (C=O) groups is 1. The summed E-state index contributed by atoms with van der Waals surface area (Å²) < 4.78 is 20.8. The van der Waals surface area contributed by atoms with Gasteiger partial charge in [-0.15, -0.1) is 0 Å². The molecule has 0 aliphatic carbocycles. The van der Waals surface area contributed by atoms with Crippen molar-refractivity contribution in [3.8, 4) is 5.75 Å². The van der Waals surface area contributed by atoms with Gasteiger partial charge in [-0.1, -0.05) is 18.2 Å². The molecule has 18 heavy (non-hydrogen) atoms. The number of esters is 1. The van der Waals surface area contributed by atoms with Gasteiger partial charge in [-0.3, -0.25) is 4.79 Å². The maximum Gasteiger partial charge on any atom is 0.311 e. The number of ether oxygens (including phenoxy) is 4. The monoisotopic (exact) mass is 252 g/mol. The van der Waals surface area contributed by atoms with Crippen LogP contribution in [0.25, 0.3) is 0 Å². The molecule has 1 heterocycles. The Morgan fingerprint density at radius 1 is 1.28 bits per heavy atom. The molecule has 1 saturated heterocycles. The molecule has 1 aromatic carbocycles. The van der Waals surface area contributed by atoms with Gasteiger partial charge in [-0.25, -0.2) is 0 Å². The van der Waals surface area contributed by atoms with Crippen LogP contribution in [0.5, 0.6) is 5.75 Å². The van der Waals surface area contributed by atoms with E-state index in [1.807, 2.05) is 30.3 Å². The summed E-state index contributed by atoms with van der Waals surface area (Å²) in [6.07, 6.45) is -0.391. The Bertz CT molecular complexity index is 359. The van der Waals surface area contributed by atoms with Gasteiger partial charge >= 0.3 is 5.97 Å². The van der Waals surface area contributed by atoms with E-state index in [1.165, 1.54) is 0 Å². The first kappa shape index (κ1) is 12.9. The minimum absolute atomic E-state index is 0.189. The summed E-state index contributed by atoms with van der Waals surface area (Å²) in [5, 5.41) is 0. The van der Waals surface area contributed by atoms with Gasteiger partial charge in [0.2, 0.25) is 6.29 Å². The maximum absolute atomic E-state index is 11.5. The van der Waals surface area contributed by atoms with Crippen LogP contribution < -0.4 is 4.74 Å². The van der Waals surface area contributed by atoms with E-state index in [1.54, 1.807) is 0 Å². The van der Waals surface area contributed by atoms with E-state index in [0.29, 0.717) is 19.8 Å². The van der Waals surface area contributed by atoms with Crippen molar-refractivity contribution in [1.29, 1.82) is 0 Å². The molecule has 98 valence electrons. The van der Waals surface area contributed by atoms with Gasteiger partial charge in [-0.2, -0.15) is 0 Å². The summed E-state index contributed by atoms with van der Waals surface area (Å²) in [4.78, 5) is 11.5. The van der Waals surface area contributed by atoms with Gasteiger partial charge in [0, 0.05) is 0 Å². The Labute approximate surface area is 106 Å². The standard InChI is InChI=1S/C13H16O5/c14-12(18-13-10-15-8-9-17-13)6-7-16-11-4-2-1-3-5-11/h1-5,13H,6-10H2. The van der Waals surface area contributed by atoms with E-state index < -0.39 is 6.29 Å². The van der Waals surface area contributed by atoms with Crippen LogP contribution in [0, 0.1) is 0 Å². The molecular weight excluding hydrogens is 236 g/mol. The van der Waals surface area contributed by atoms with Crippen LogP contribution in [0.2, 0.25) is 0 Å². The molecule has 1 aliphatic heterocycles. The van der Waals surface area contributed by atoms with Gasteiger partial charge in [0.1, 0.15) is 12.4 Å². The molecule has 1 atom stereocenters. The highest BCUT2D eigenvalue weighted by Gasteiger charge is 2.18. The lowest BCUT2D eigenvalue weighted by molar-refractivity contribution is -0.214. The third-order valence-electron chi connectivity index (χ3n) is 2.37. The third kappa shape index (κ3) is 4.35. The average molecular weight is 252 g/mol. The first-order chi connectivity index (χ1) is 8.84. The first-order valence-electron chi connectivity index (χ1n) is 5.91. The predicted molar refractivity (Wildman–Crippen MR) is 63.2 cm³/mol. The molecule has 0 saturated carbocycles. The molecule has 0 bridgehead atoms. The maximum atomic E-state index is 11.5. The lowest BCUT2D eigenvalue weighted by Crippen LogP contribution is -2.33. The topological polar surface area (TPSA) is 54.0 Å². The number of para-hydroxylation sites is 1. The number of hydrogen-bond donors (Lipinski definition) is 0. The summed E-state index contributed by atoms with van der Waals surface area (Å²) in [6, 6.07) is 9.33. The SMILES string of the molecule is O=C(CCOc1ccccc1)OC1COCCO1. The van der Waals surface area contributed by atoms with Gasteiger partial charge in [0.05, 0.1) is 26.2 Å². The molecule has 1 aromatic rings. The van der Waals surface area contributed by atoms with Crippen molar-refractivity contribution >= 4 is 5.97 Å². The quantitative estimate of drug-likeness (QED) is 0.741. The molecule has 1 fully saturated rings. The van der Waals surface area contributed by atoms with Crippen molar-refractivity contribution in [3.05, 3.63) is 30.3 Å². The van der Waals surface area contributed by atoms with Gasteiger partial charge < -0.3 is 18.9 Å². The Morgan fingerprint density at radius 3 is 2.83 bits per heavy atom. The van der Waals surface area contributed by atoms with E-state index in [4.69, 9.17) is 18.9 Å². The van der Waals surface area contributed by atoms with Crippen LogP contribution in [0.15, 0.2) is 30.3 Å². The fourth-order valence-electron chi connectivity index (χ4n) is 1.51. The Kier molecular flexibility index (Phi) is 4.99. The summed E-state index contributed by atoms with van der Waals surface area (Å²) in [7, 11) is 0. The van der Waals surface area contributed by atoms with Crippen LogP contribution >= 0.6 is 0 Å². The van der Waals surface area contributed by atoms with E-state index >= 15 is 0 Å². The van der Waals surface area contributed by atoms with E-state index in [9.17, 15) is 4.79 Å². The number of rotatable bonds is 5. The van der Waals surface area contributed by atoms with Crippen molar-refractivity contribution in [2.45, 2.75) is 12.7 Å². The number of hydrogen-bond acceptors (Lipinski definition) is 5. The van der Waals surface area contributed by atoms with E-state index in [-0.39, 0.29) is 19.0 Å². The van der Waals surface area contributed by atoms with Gasteiger partial charge in [0.25, 0.3) is 0 Å². The van der Waals surface area contributed by atoms with Crippen molar-refractivity contribution in [2.75, 3.05) is 26.4 Å². The van der Waals surface area contributed by atoms with Crippen LogP contribution in [0.3, 0.4) is 0 Å². The van der Waals surface area contributed by atoms with E-state index in [2.05, 4.69) is 0 Å². The largest absolute Gasteiger partial charge is 0.493 e. The van der Waals surface area contributed by atoms with Crippen LogP contribution in [0.1, 0.15) is 6.42 Å². The Balaban J connectivity index is 1.62. The van der Waals surface area contributed by atoms with Crippen LogP contribution in [0.4, 0.5) is 0 Å². The zero-order valence-corrected chi connectivity index (χ0v) is 10.0. The molecule has 0 spiro atoms. The molecule has 0 N–H and O–H groups in total. The number of carbonyl (C=O) groups excluding carboxylic acids is 1. The first-order valence-corrected chi connectivity index (χ1v) is 5.91. The normalized spacial score (nSPS) is 19.2. The van der Waals surface area contributed by atoms with Crippen molar-refractivity contribution < 1.29 is 23.7 Å². The third-order valence-corrected chi connectivity index (χ3v) is 2.37. The highest BCUT2D eigenvalue weighted by Crippen LogP contribution is 2.09. The molecule has 1 unspecified atom stereocenters. The van der Waals surface area contributed by atoms with Crippen molar-refractivity contribution in [3.63, 3.8) is 0 Å². The average Bonchev–Trinajstić information content (AvgIpc) is 2.41. The summed E-state index contributed by atoms with van der Waals surface area (Å²) in [6.45, 7) is 1.59. The Morgan fingerprint density at radius 2 is 2.11 bits per heavy atom. The molecule has 1 aliphatic rings. The van der Waals surface area contributed by atoms with Gasteiger partial charge in [-0.05, 0) is 12.1 Å². The molecule has 5 heteroatoms. The second-order valence-corrected chi connectivity index (χ2v) is 3.78. The van der Waals surface area contributed by atoms with Crippen molar-refractivity contribution in [2.24, 2.45) is 0 Å². The second kappa shape index (κ2) is 6.98. The molecule has 0 aromatic heterocycles. The number of benzene rings is 1. The minimum Gasteiger partial charge on any atom is -0.493 e.